The Bertz CT molecular complexity index is 405. The zero-order valence-corrected chi connectivity index (χ0v) is 11.6. The van der Waals surface area contributed by atoms with Crippen LogP contribution in [0.25, 0.3) is 0 Å². The molecule has 0 aliphatic heterocycles. The van der Waals surface area contributed by atoms with Crippen molar-refractivity contribution in [3.63, 3.8) is 0 Å². The molecule has 1 aromatic carbocycles. The van der Waals surface area contributed by atoms with E-state index >= 15 is 0 Å². The fraction of sp³-hybridized carbons (Fsp3) is 0.533. The second-order valence-electron chi connectivity index (χ2n) is 4.80. The SMILES string of the molecule is CCCCCCCCNC(=O)c1cc(O)ccc1N. The van der Waals surface area contributed by atoms with E-state index in [0.29, 0.717) is 17.8 Å². The molecule has 0 aromatic heterocycles. The van der Waals surface area contributed by atoms with Gasteiger partial charge in [-0.15, -0.1) is 0 Å². The fourth-order valence-corrected chi connectivity index (χ4v) is 1.94. The van der Waals surface area contributed by atoms with Gasteiger partial charge in [-0.3, -0.25) is 4.79 Å². The Kier molecular flexibility index (Phi) is 6.79. The van der Waals surface area contributed by atoms with Crippen LogP contribution in [0.5, 0.6) is 5.75 Å². The Morgan fingerprint density at radius 1 is 1.21 bits per heavy atom. The van der Waals surface area contributed by atoms with E-state index in [2.05, 4.69) is 12.2 Å². The van der Waals surface area contributed by atoms with Gasteiger partial charge < -0.3 is 16.2 Å². The van der Waals surface area contributed by atoms with Gasteiger partial charge in [0.05, 0.1) is 5.56 Å². The first-order valence-electron chi connectivity index (χ1n) is 7.02. The number of amides is 1. The molecule has 1 amide bonds. The Morgan fingerprint density at radius 3 is 2.63 bits per heavy atom. The van der Waals surface area contributed by atoms with Crippen LogP contribution in [0, 0.1) is 0 Å². The van der Waals surface area contributed by atoms with Crippen molar-refractivity contribution in [1.29, 1.82) is 0 Å². The zero-order chi connectivity index (χ0) is 14.1. The van der Waals surface area contributed by atoms with Gasteiger partial charge in [-0.05, 0) is 24.6 Å². The summed E-state index contributed by atoms with van der Waals surface area (Å²) in [7, 11) is 0. The van der Waals surface area contributed by atoms with Crippen LogP contribution >= 0.6 is 0 Å². The third-order valence-electron chi connectivity index (χ3n) is 3.10. The molecule has 4 N–H and O–H groups in total. The second-order valence-corrected chi connectivity index (χ2v) is 4.80. The number of hydrogen-bond acceptors (Lipinski definition) is 3. The molecule has 0 aliphatic carbocycles. The van der Waals surface area contributed by atoms with Crippen molar-refractivity contribution in [3.8, 4) is 5.75 Å². The maximum absolute atomic E-state index is 11.9. The molecule has 0 atom stereocenters. The number of carbonyl (C=O) groups is 1. The van der Waals surface area contributed by atoms with Gasteiger partial charge in [0.25, 0.3) is 5.91 Å². The number of hydrogen-bond donors (Lipinski definition) is 3. The van der Waals surface area contributed by atoms with Gasteiger partial charge in [-0.25, -0.2) is 0 Å². The molecule has 0 fully saturated rings. The van der Waals surface area contributed by atoms with E-state index in [9.17, 15) is 9.90 Å². The van der Waals surface area contributed by atoms with Gasteiger partial charge in [-0.1, -0.05) is 39.0 Å². The highest BCUT2D eigenvalue weighted by molar-refractivity contribution is 5.99. The van der Waals surface area contributed by atoms with Crippen molar-refractivity contribution in [2.75, 3.05) is 12.3 Å². The molecule has 4 heteroatoms. The minimum atomic E-state index is -0.220. The molecule has 0 spiro atoms. The van der Waals surface area contributed by atoms with Crippen LogP contribution < -0.4 is 11.1 Å². The third kappa shape index (κ3) is 5.64. The quantitative estimate of drug-likeness (QED) is 0.384. The molecule has 0 saturated carbocycles. The highest BCUT2D eigenvalue weighted by Crippen LogP contribution is 2.18. The van der Waals surface area contributed by atoms with E-state index in [0.717, 1.165) is 12.8 Å². The number of benzene rings is 1. The van der Waals surface area contributed by atoms with Crippen molar-refractivity contribution in [2.45, 2.75) is 45.4 Å². The molecule has 0 radical (unpaired) electrons. The molecule has 0 heterocycles. The third-order valence-corrected chi connectivity index (χ3v) is 3.10. The highest BCUT2D eigenvalue weighted by Gasteiger charge is 2.09. The number of nitrogens with two attached hydrogens (primary N) is 1. The number of unbranched alkanes of at least 4 members (excludes halogenated alkanes) is 5. The predicted molar refractivity (Wildman–Crippen MR) is 78.2 cm³/mol. The van der Waals surface area contributed by atoms with Crippen molar-refractivity contribution < 1.29 is 9.90 Å². The van der Waals surface area contributed by atoms with Crippen LogP contribution in [0.2, 0.25) is 0 Å². The van der Waals surface area contributed by atoms with Crippen LogP contribution in [-0.4, -0.2) is 17.6 Å². The first-order valence-corrected chi connectivity index (χ1v) is 7.02. The lowest BCUT2D eigenvalue weighted by atomic mass is 10.1. The molecule has 1 rings (SSSR count). The van der Waals surface area contributed by atoms with Gasteiger partial charge in [0.15, 0.2) is 0 Å². The number of aromatic hydroxyl groups is 1. The number of anilines is 1. The van der Waals surface area contributed by atoms with Crippen molar-refractivity contribution in [2.24, 2.45) is 0 Å². The Balaban J connectivity index is 2.26. The summed E-state index contributed by atoms with van der Waals surface area (Å²) < 4.78 is 0. The Labute approximate surface area is 115 Å². The summed E-state index contributed by atoms with van der Waals surface area (Å²) >= 11 is 0. The normalized spacial score (nSPS) is 10.4. The van der Waals surface area contributed by atoms with Crippen molar-refractivity contribution in [1.82, 2.24) is 5.32 Å². The number of phenolic OH excluding ortho intramolecular Hbond substituents is 1. The van der Waals surface area contributed by atoms with E-state index < -0.39 is 0 Å². The van der Waals surface area contributed by atoms with Gasteiger partial charge >= 0.3 is 0 Å². The van der Waals surface area contributed by atoms with Crippen LogP contribution in [-0.2, 0) is 0 Å². The van der Waals surface area contributed by atoms with Crippen molar-refractivity contribution >= 4 is 11.6 Å². The molecule has 0 saturated heterocycles. The molecular formula is C15H24N2O2. The summed E-state index contributed by atoms with van der Waals surface area (Å²) in [6, 6.07) is 4.40. The number of nitrogen functional groups attached to an aromatic ring is 1. The minimum Gasteiger partial charge on any atom is -0.508 e. The summed E-state index contributed by atoms with van der Waals surface area (Å²) in [5, 5.41) is 12.2. The van der Waals surface area contributed by atoms with Crippen molar-refractivity contribution in [3.05, 3.63) is 23.8 Å². The van der Waals surface area contributed by atoms with Gasteiger partial charge in [0.2, 0.25) is 0 Å². The van der Waals surface area contributed by atoms with Crippen LogP contribution in [0.3, 0.4) is 0 Å². The van der Waals surface area contributed by atoms with E-state index in [1.54, 1.807) is 0 Å². The lowest BCUT2D eigenvalue weighted by Crippen LogP contribution is -2.25. The summed E-state index contributed by atoms with van der Waals surface area (Å²) in [4.78, 5) is 11.9. The lowest BCUT2D eigenvalue weighted by Gasteiger charge is -2.08. The standard InChI is InChI=1S/C15H24N2O2/c1-2-3-4-5-6-7-10-17-15(19)13-11-12(18)8-9-14(13)16/h8-9,11,18H,2-7,10,16H2,1H3,(H,17,19). The fourth-order valence-electron chi connectivity index (χ4n) is 1.94. The molecule has 1 aromatic rings. The molecule has 19 heavy (non-hydrogen) atoms. The average Bonchev–Trinajstić information content (AvgIpc) is 2.40. The summed E-state index contributed by atoms with van der Waals surface area (Å²) in [5.74, 6) is -0.166. The highest BCUT2D eigenvalue weighted by atomic mass is 16.3. The summed E-state index contributed by atoms with van der Waals surface area (Å²) in [6.07, 6.45) is 7.13. The molecule has 106 valence electrons. The van der Waals surface area contributed by atoms with E-state index in [1.807, 2.05) is 0 Å². The number of nitrogens with one attached hydrogen (secondary N) is 1. The predicted octanol–water partition coefficient (Wildman–Crippen LogP) is 3.06. The molecule has 0 bridgehead atoms. The summed E-state index contributed by atoms with van der Waals surface area (Å²) in [5.41, 5.74) is 6.43. The van der Waals surface area contributed by atoms with E-state index in [-0.39, 0.29) is 11.7 Å². The summed E-state index contributed by atoms with van der Waals surface area (Å²) in [6.45, 7) is 2.85. The van der Waals surface area contributed by atoms with Gasteiger partial charge in [0, 0.05) is 12.2 Å². The Morgan fingerprint density at radius 2 is 1.89 bits per heavy atom. The van der Waals surface area contributed by atoms with E-state index in [4.69, 9.17) is 5.73 Å². The minimum absolute atomic E-state index is 0.0546. The monoisotopic (exact) mass is 264 g/mol. The average molecular weight is 264 g/mol. The second kappa shape index (κ2) is 8.40. The molecule has 4 nitrogen and oxygen atoms in total. The first-order chi connectivity index (χ1) is 9.15. The maximum Gasteiger partial charge on any atom is 0.253 e. The molecular weight excluding hydrogens is 240 g/mol. The number of carbonyl (C=O) groups excluding carboxylic acids is 1. The lowest BCUT2D eigenvalue weighted by molar-refractivity contribution is 0.0953. The van der Waals surface area contributed by atoms with Gasteiger partial charge in [-0.2, -0.15) is 0 Å². The molecule has 0 unspecified atom stereocenters. The number of phenols is 1. The zero-order valence-electron chi connectivity index (χ0n) is 11.6. The smallest absolute Gasteiger partial charge is 0.253 e. The van der Waals surface area contributed by atoms with E-state index in [1.165, 1.54) is 43.9 Å². The maximum atomic E-state index is 11.9. The van der Waals surface area contributed by atoms with Gasteiger partial charge in [0.1, 0.15) is 5.75 Å². The van der Waals surface area contributed by atoms with Crippen LogP contribution in [0.15, 0.2) is 18.2 Å². The number of rotatable bonds is 8. The largest absolute Gasteiger partial charge is 0.508 e. The molecule has 0 aliphatic rings. The van der Waals surface area contributed by atoms with Crippen LogP contribution in [0.1, 0.15) is 55.8 Å². The topological polar surface area (TPSA) is 75.3 Å². The van der Waals surface area contributed by atoms with Crippen LogP contribution in [0.4, 0.5) is 5.69 Å². The first kappa shape index (κ1) is 15.3. The Hall–Kier alpha value is -1.71.